The lowest BCUT2D eigenvalue weighted by Gasteiger charge is -2.15. The Morgan fingerprint density at radius 2 is 1.88 bits per heavy atom. The van der Waals surface area contributed by atoms with Gasteiger partial charge < -0.3 is 5.11 Å². The van der Waals surface area contributed by atoms with Crippen LogP contribution in [0.1, 0.15) is 77.8 Å². The van der Waals surface area contributed by atoms with Crippen LogP contribution >= 0.6 is 11.3 Å². The maximum Gasteiger partial charge on any atom is 0.355 e. The molecular formula is C32H30F2N4O3S2. The van der Waals surface area contributed by atoms with Gasteiger partial charge in [0, 0.05) is 28.8 Å². The van der Waals surface area contributed by atoms with E-state index in [1.165, 1.54) is 41.3 Å². The second-order valence-corrected chi connectivity index (χ2v) is 13.1. The SMILES string of the molecule is NS(=O)c1ccc(Cc2c(-c3ccc(F)c(C#CC4CCCCC4)c3)nn(-c3nc(C(=O)O)cs3)c2CC2CC2)cc1F. The van der Waals surface area contributed by atoms with Crippen molar-refractivity contribution in [3.63, 3.8) is 0 Å². The summed E-state index contributed by atoms with van der Waals surface area (Å²) >= 11 is 1.17. The van der Waals surface area contributed by atoms with Gasteiger partial charge in [0.25, 0.3) is 0 Å². The normalized spacial score (nSPS) is 16.1. The molecule has 2 aliphatic carbocycles. The number of carbonyl (C=O) groups is 1. The third-order valence-electron chi connectivity index (χ3n) is 8.01. The third kappa shape index (κ3) is 6.61. The molecule has 2 saturated carbocycles. The highest BCUT2D eigenvalue weighted by atomic mass is 32.2. The lowest BCUT2D eigenvalue weighted by atomic mass is 9.89. The van der Waals surface area contributed by atoms with Crippen molar-refractivity contribution in [1.82, 2.24) is 14.8 Å². The molecule has 222 valence electrons. The van der Waals surface area contributed by atoms with Gasteiger partial charge >= 0.3 is 5.97 Å². The number of nitrogens with zero attached hydrogens (tertiary/aromatic N) is 3. The first kappa shape index (κ1) is 29.4. The van der Waals surface area contributed by atoms with Crippen LogP contribution in [0.25, 0.3) is 16.4 Å². The maximum atomic E-state index is 15.0. The van der Waals surface area contributed by atoms with Gasteiger partial charge in [0.2, 0.25) is 5.13 Å². The monoisotopic (exact) mass is 620 g/mol. The number of hydrogen-bond acceptors (Lipinski definition) is 5. The highest BCUT2D eigenvalue weighted by Gasteiger charge is 2.29. The van der Waals surface area contributed by atoms with Crippen LogP contribution < -0.4 is 5.14 Å². The summed E-state index contributed by atoms with van der Waals surface area (Å²) in [6.45, 7) is 0. The zero-order valence-electron chi connectivity index (χ0n) is 23.3. The molecule has 4 aromatic rings. The van der Waals surface area contributed by atoms with Gasteiger partial charge in [-0.25, -0.2) is 32.6 Å². The molecule has 3 N–H and O–H groups in total. The fraction of sp³-hybridized carbons (Fsp3) is 0.344. The highest BCUT2D eigenvalue weighted by Crippen LogP contribution is 2.38. The lowest BCUT2D eigenvalue weighted by molar-refractivity contribution is 0.0691. The quantitative estimate of drug-likeness (QED) is 0.221. The van der Waals surface area contributed by atoms with Crippen LogP contribution in [0.15, 0.2) is 46.7 Å². The van der Waals surface area contributed by atoms with Crippen molar-refractivity contribution < 1.29 is 22.9 Å². The molecule has 2 aromatic carbocycles. The predicted molar refractivity (Wildman–Crippen MR) is 161 cm³/mol. The van der Waals surface area contributed by atoms with E-state index in [0.717, 1.165) is 49.8 Å². The van der Waals surface area contributed by atoms with Gasteiger partial charge in [0.15, 0.2) is 5.69 Å². The van der Waals surface area contributed by atoms with E-state index in [1.807, 2.05) is 0 Å². The lowest BCUT2D eigenvalue weighted by Crippen LogP contribution is -2.07. The molecule has 0 radical (unpaired) electrons. The Hall–Kier alpha value is -3.72. The second kappa shape index (κ2) is 12.5. The Balaban J connectivity index is 1.48. The van der Waals surface area contributed by atoms with Crippen LogP contribution in [0, 0.1) is 35.3 Å². The van der Waals surface area contributed by atoms with Crippen molar-refractivity contribution in [3.8, 4) is 28.2 Å². The molecule has 2 heterocycles. The summed E-state index contributed by atoms with van der Waals surface area (Å²) in [6.07, 6.45) is 8.59. The number of aromatic nitrogens is 3. The molecule has 1 unspecified atom stereocenters. The molecule has 6 rings (SSSR count). The number of thiazole rings is 1. The zero-order chi connectivity index (χ0) is 30.1. The Labute approximate surface area is 254 Å². The average molecular weight is 621 g/mol. The first-order chi connectivity index (χ1) is 20.8. The Bertz CT molecular complexity index is 1780. The molecule has 0 bridgehead atoms. The summed E-state index contributed by atoms with van der Waals surface area (Å²) in [5.74, 6) is 4.82. The van der Waals surface area contributed by atoms with Gasteiger partial charge in [-0.15, -0.1) is 11.3 Å². The molecule has 43 heavy (non-hydrogen) atoms. The van der Waals surface area contributed by atoms with E-state index in [0.29, 0.717) is 34.3 Å². The van der Waals surface area contributed by atoms with Crippen molar-refractivity contribution in [1.29, 1.82) is 0 Å². The van der Waals surface area contributed by atoms with Crippen LogP contribution in [0.5, 0.6) is 0 Å². The summed E-state index contributed by atoms with van der Waals surface area (Å²) < 4.78 is 43.2. The molecule has 0 spiro atoms. The van der Waals surface area contributed by atoms with Gasteiger partial charge in [0.05, 0.1) is 21.8 Å². The summed E-state index contributed by atoms with van der Waals surface area (Å²) in [5.41, 5.74) is 3.69. The van der Waals surface area contributed by atoms with E-state index in [-0.39, 0.29) is 28.5 Å². The standard InChI is InChI=1S/C32H30F2N4O3S2/c33-25-12-11-23(17-22(25)10-8-19-4-2-1-3-5-19)30-24(14-21-9-13-29(43(35)41)26(34)15-21)28(16-20-6-7-20)38(37-30)32-36-27(18-42-32)31(39)40/h9,11-13,15,17-20H,1-7,14,16,35H2,(H,39,40). The van der Waals surface area contributed by atoms with E-state index < -0.39 is 28.6 Å². The summed E-state index contributed by atoms with van der Waals surface area (Å²) in [7, 11) is -1.96. The number of carboxylic acid groups (broad SMARTS) is 1. The molecule has 1 atom stereocenters. The predicted octanol–water partition coefficient (Wildman–Crippen LogP) is 6.43. The first-order valence-electron chi connectivity index (χ1n) is 14.3. The van der Waals surface area contributed by atoms with E-state index in [9.17, 15) is 22.9 Å². The van der Waals surface area contributed by atoms with Crippen molar-refractivity contribution in [3.05, 3.63) is 81.5 Å². The number of rotatable bonds is 8. The van der Waals surface area contributed by atoms with Gasteiger partial charge in [0.1, 0.15) is 22.6 Å². The number of nitrogens with two attached hydrogens (primary N) is 1. The fourth-order valence-corrected chi connectivity index (χ4v) is 6.77. The van der Waals surface area contributed by atoms with Crippen LogP contribution in [-0.2, 0) is 23.8 Å². The van der Waals surface area contributed by atoms with Crippen LogP contribution in [0.4, 0.5) is 8.78 Å². The molecule has 7 nitrogen and oxygen atoms in total. The number of halogens is 2. The number of carboxylic acids is 1. The Morgan fingerprint density at radius 3 is 2.56 bits per heavy atom. The topological polar surface area (TPSA) is 111 Å². The molecule has 2 aromatic heterocycles. The van der Waals surface area contributed by atoms with E-state index in [1.54, 1.807) is 22.9 Å². The van der Waals surface area contributed by atoms with E-state index in [4.69, 9.17) is 10.2 Å². The highest BCUT2D eigenvalue weighted by molar-refractivity contribution is 7.82. The largest absolute Gasteiger partial charge is 0.476 e. The minimum Gasteiger partial charge on any atom is -0.476 e. The van der Waals surface area contributed by atoms with Crippen molar-refractivity contribution in [2.24, 2.45) is 17.0 Å². The van der Waals surface area contributed by atoms with Crippen LogP contribution in [-0.4, -0.2) is 30.0 Å². The van der Waals surface area contributed by atoms with Crippen LogP contribution in [0.2, 0.25) is 0 Å². The van der Waals surface area contributed by atoms with Gasteiger partial charge in [-0.1, -0.05) is 37.2 Å². The zero-order valence-corrected chi connectivity index (χ0v) is 24.9. The number of hydrogen-bond donors (Lipinski definition) is 2. The Kier molecular flexibility index (Phi) is 8.52. The minimum atomic E-state index is -1.96. The molecule has 2 aliphatic rings. The van der Waals surface area contributed by atoms with Crippen molar-refractivity contribution in [2.75, 3.05) is 0 Å². The van der Waals surface area contributed by atoms with Crippen molar-refractivity contribution in [2.45, 2.75) is 62.7 Å². The summed E-state index contributed by atoms with van der Waals surface area (Å²) in [4.78, 5) is 15.8. The smallest absolute Gasteiger partial charge is 0.355 e. The molecule has 0 amide bonds. The Morgan fingerprint density at radius 1 is 1.09 bits per heavy atom. The number of aromatic carboxylic acids is 1. The average Bonchev–Trinajstić information content (AvgIpc) is 3.55. The van der Waals surface area contributed by atoms with E-state index in [2.05, 4.69) is 16.8 Å². The fourth-order valence-electron chi connectivity index (χ4n) is 5.54. The molecule has 0 saturated heterocycles. The molecular weight excluding hydrogens is 591 g/mol. The van der Waals surface area contributed by atoms with Crippen molar-refractivity contribution >= 4 is 28.3 Å². The second-order valence-electron chi connectivity index (χ2n) is 11.2. The summed E-state index contributed by atoms with van der Waals surface area (Å²) in [5, 5.41) is 21.7. The van der Waals surface area contributed by atoms with Crippen LogP contribution in [0.3, 0.4) is 0 Å². The van der Waals surface area contributed by atoms with Gasteiger partial charge in [-0.2, -0.15) is 5.10 Å². The number of benzene rings is 2. The minimum absolute atomic E-state index is 0.0783. The van der Waals surface area contributed by atoms with Gasteiger partial charge in [-0.3, -0.25) is 0 Å². The third-order valence-corrected chi connectivity index (χ3v) is 9.59. The molecule has 11 heteroatoms. The molecule has 0 aliphatic heterocycles. The maximum absolute atomic E-state index is 15.0. The first-order valence-corrected chi connectivity index (χ1v) is 16.4. The van der Waals surface area contributed by atoms with E-state index >= 15 is 0 Å². The molecule has 2 fully saturated rings. The van der Waals surface area contributed by atoms with Gasteiger partial charge in [-0.05, 0) is 73.9 Å². The summed E-state index contributed by atoms with van der Waals surface area (Å²) in [6, 6.07) is 9.17.